The number of rotatable bonds is 2. The third-order valence-corrected chi connectivity index (χ3v) is 3.66. The number of benzene rings is 2. The quantitative estimate of drug-likeness (QED) is 0.791. The van der Waals surface area contributed by atoms with Crippen molar-refractivity contribution >= 4 is 17.4 Å². The third kappa shape index (κ3) is 3.41. The first kappa shape index (κ1) is 13.6. The smallest absolute Gasteiger partial charge is 0.312 e. The van der Waals surface area contributed by atoms with Gasteiger partial charge in [0.25, 0.3) is 0 Å². The molecule has 1 aliphatic rings. The Labute approximate surface area is 124 Å². The largest absolute Gasteiger partial charge is 0.323 e. The first-order valence-corrected chi connectivity index (χ1v) is 7.18. The van der Waals surface area contributed by atoms with Gasteiger partial charge in [-0.3, -0.25) is 0 Å². The van der Waals surface area contributed by atoms with E-state index in [-0.39, 0.29) is 6.03 Å². The number of hydrogen-bond acceptors (Lipinski definition) is 2. The molecule has 0 saturated carbocycles. The average molecular weight is 281 g/mol. The van der Waals surface area contributed by atoms with Crippen LogP contribution in [0.2, 0.25) is 0 Å². The van der Waals surface area contributed by atoms with Crippen molar-refractivity contribution in [3.8, 4) is 0 Å². The van der Waals surface area contributed by atoms with Crippen molar-refractivity contribution in [3.63, 3.8) is 0 Å². The van der Waals surface area contributed by atoms with Crippen LogP contribution in [0.3, 0.4) is 0 Å². The summed E-state index contributed by atoms with van der Waals surface area (Å²) >= 11 is 0. The second-order valence-electron chi connectivity index (χ2n) is 5.36. The van der Waals surface area contributed by atoms with Gasteiger partial charge in [0, 0.05) is 17.9 Å². The number of hydrogen-bond donors (Lipinski definition) is 3. The maximum Gasteiger partial charge on any atom is 0.323 e. The highest BCUT2D eigenvalue weighted by molar-refractivity contribution is 5.99. The van der Waals surface area contributed by atoms with E-state index < -0.39 is 0 Å². The van der Waals surface area contributed by atoms with E-state index >= 15 is 0 Å². The fraction of sp³-hybridized carbons (Fsp3) is 0.235. The van der Waals surface area contributed by atoms with Gasteiger partial charge >= 0.3 is 6.03 Å². The Morgan fingerprint density at radius 2 is 1.71 bits per heavy atom. The minimum absolute atomic E-state index is 0.215. The Morgan fingerprint density at radius 3 is 2.52 bits per heavy atom. The molecule has 2 aromatic rings. The lowest BCUT2D eigenvalue weighted by atomic mass is 10.0. The molecule has 0 aliphatic carbocycles. The summed E-state index contributed by atoms with van der Waals surface area (Å²) in [7, 11) is 0. The molecular formula is C17H19N3O. The number of carbonyl (C=O) groups is 1. The second-order valence-corrected chi connectivity index (χ2v) is 5.36. The van der Waals surface area contributed by atoms with Crippen molar-refractivity contribution in [1.29, 1.82) is 0 Å². The Kier molecular flexibility index (Phi) is 3.88. The van der Waals surface area contributed by atoms with E-state index in [9.17, 15) is 4.79 Å². The van der Waals surface area contributed by atoms with Crippen LogP contribution in [-0.2, 0) is 13.0 Å². The zero-order valence-corrected chi connectivity index (χ0v) is 12.1. The molecule has 1 aliphatic heterocycles. The highest BCUT2D eigenvalue weighted by Crippen LogP contribution is 2.19. The lowest BCUT2D eigenvalue weighted by Crippen LogP contribution is -2.24. The summed E-state index contributed by atoms with van der Waals surface area (Å²) < 4.78 is 0. The molecule has 0 spiro atoms. The van der Waals surface area contributed by atoms with Crippen molar-refractivity contribution in [2.75, 3.05) is 17.2 Å². The fourth-order valence-corrected chi connectivity index (χ4v) is 2.49. The number of anilines is 2. The minimum Gasteiger partial charge on any atom is -0.312 e. The molecule has 0 atom stereocenters. The standard InChI is InChI=1S/C17H19N3O/c1-12-2-5-15(6-3-12)19-17(21)20-16-7-4-14-11-18-9-8-13(14)10-16/h2-7,10,18H,8-9,11H2,1H3,(H2,19,20,21). The van der Waals surface area contributed by atoms with Crippen LogP contribution >= 0.6 is 0 Å². The van der Waals surface area contributed by atoms with E-state index in [0.717, 1.165) is 30.9 Å². The first-order valence-electron chi connectivity index (χ1n) is 7.18. The van der Waals surface area contributed by atoms with E-state index in [1.165, 1.54) is 16.7 Å². The van der Waals surface area contributed by atoms with Crippen molar-refractivity contribution in [2.24, 2.45) is 0 Å². The van der Waals surface area contributed by atoms with Crippen molar-refractivity contribution in [3.05, 3.63) is 59.2 Å². The second kappa shape index (κ2) is 5.97. The summed E-state index contributed by atoms with van der Waals surface area (Å²) in [5, 5.41) is 9.06. The van der Waals surface area contributed by atoms with Crippen LogP contribution in [0.25, 0.3) is 0 Å². The van der Waals surface area contributed by atoms with E-state index in [1.54, 1.807) is 0 Å². The Morgan fingerprint density at radius 1 is 1.00 bits per heavy atom. The minimum atomic E-state index is -0.215. The summed E-state index contributed by atoms with van der Waals surface area (Å²) in [6.07, 6.45) is 1.00. The van der Waals surface area contributed by atoms with Crippen LogP contribution in [0.1, 0.15) is 16.7 Å². The molecule has 0 aromatic heterocycles. The van der Waals surface area contributed by atoms with Gasteiger partial charge in [-0.05, 0) is 55.3 Å². The van der Waals surface area contributed by atoms with Gasteiger partial charge in [-0.15, -0.1) is 0 Å². The van der Waals surface area contributed by atoms with Crippen LogP contribution in [0.5, 0.6) is 0 Å². The lowest BCUT2D eigenvalue weighted by Gasteiger charge is -2.18. The van der Waals surface area contributed by atoms with E-state index in [1.807, 2.05) is 37.3 Å². The maximum atomic E-state index is 12.0. The van der Waals surface area contributed by atoms with Crippen LogP contribution in [-0.4, -0.2) is 12.6 Å². The van der Waals surface area contributed by atoms with Gasteiger partial charge in [0.15, 0.2) is 0 Å². The van der Waals surface area contributed by atoms with Gasteiger partial charge in [-0.2, -0.15) is 0 Å². The molecular weight excluding hydrogens is 262 g/mol. The molecule has 21 heavy (non-hydrogen) atoms. The SMILES string of the molecule is Cc1ccc(NC(=O)Nc2ccc3c(c2)CCNC3)cc1. The van der Waals surface area contributed by atoms with Gasteiger partial charge in [-0.25, -0.2) is 4.79 Å². The molecule has 3 N–H and O–H groups in total. The molecule has 2 aromatic carbocycles. The van der Waals surface area contributed by atoms with Crippen molar-refractivity contribution in [2.45, 2.75) is 19.9 Å². The monoisotopic (exact) mass is 281 g/mol. The van der Waals surface area contributed by atoms with Crippen molar-refractivity contribution in [1.82, 2.24) is 5.32 Å². The molecule has 108 valence electrons. The summed E-state index contributed by atoms with van der Waals surface area (Å²) in [6.45, 7) is 3.92. The predicted molar refractivity (Wildman–Crippen MR) is 85.7 cm³/mol. The molecule has 4 nitrogen and oxygen atoms in total. The zero-order chi connectivity index (χ0) is 14.7. The maximum absolute atomic E-state index is 12.0. The number of carbonyl (C=O) groups excluding carboxylic acids is 1. The summed E-state index contributed by atoms with van der Waals surface area (Å²) in [4.78, 5) is 12.0. The Balaban J connectivity index is 1.65. The summed E-state index contributed by atoms with van der Waals surface area (Å²) in [6, 6.07) is 13.6. The van der Waals surface area contributed by atoms with Gasteiger partial charge in [0.1, 0.15) is 0 Å². The molecule has 3 rings (SSSR count). The number of aryl methyl sites for hydroxylation is 1. The Hall–Kier alpha value is -2.33. The first-order chi connectivity index (χ1) is 10.2. The Bertz CT molecular complexity index is 650. The fourth-order valence-electron chi connectivity index (χ4n) is 2.49. The van der Waals surface area contributed by atoms with E-state index in [0.29, 0.717) is 0 Å². The molecule has 0 bridgehead atoms. The van der Waals surface area contributed by atoms with Gasteiger partial charge in [-0.1, -0.05) is 23.8 Å². The van der Waals surface area contributed by atoms with E-state index in [2.05, 4.69) is 28.1 Å². The molecule has 0 fully saturated rings. The van der Waals surface area contributed by atoms with Crippen LogP contribution in [0.15, 0.2) is 42.5 Å². The predicted octanol–water partition coefficient (Wildman–Crippen LogP) is 3.28. The van der Waals surface area contributed by atoms with Crippen LogP contribution < -0.4 is 16.0 Å². The molecule has 2 amide bonds. The van der Waals surface area contributed by atoms with Gasteiger partial charge in [0.05, 0.1) is 0 Å². The molecule has 0 unspecified atom stereocenters. The van der Waals surface area contributed by atoms with Gasteiger partial charge < -0.3 is 16.0 Å². The highest BCUT2D eigenvalue weighted by Gasteiger charge is 2.10. The molecule has 0 saturated heterocycles. The van der Waals surface area contributed by atoms with Crippen LogP contribution in [0.4, 0.5) is 16.2 Å². The van der Waals surface area contributed by atoms with Crippen LogP contribution in [0, 0.1) is 6.92 Å². The number of fused-ring (bicyclic) bond motifs is 1. The average Bonchev–Trinajstić information content (AvgIpc) is 2.49. The normalized spacial score (nSPS) is 13.4. The lowest BCUT2D eigenvalue weighted by molar-refractivity contribution is 0.262. The third-order valence-electron chi connectivity index (χ3n) is 3.66. The van der Waals surface area contributed by atoms with E-state index in [4.69, 9.17) is 0 Å². The van der Waals surface area contributed by atoms with Crippen molar-refractivity contribution < 1.29 is 4.79 Å². The number of nitrogens with one attached hydrogen (secondary N) is 3. The number of amides is 2. The summed E-state index contributed by atoms with van der Waals surface area (Å²) in [5.74, 6) is 0. The zero-order valence-electron chi connectivity index (χ0n) is 12.1. The van der Waals surface area contributed by atoms with Gasteiger partial charge in [0.2, 0.25) is 0 Å². The number of urea groups is 1. The molecule has 1 heterocycles. The molecule has 0 radical (unpaired) electrons. The summed E-state index contributed by atoms with van der Waals surface area (Å²) in [5.41, 5.74) is 5.41. The highest BCUT2D eigenvalue weighted by atomic mass is 16.2. The topological polar surface area (TPSA) is 53.2 Å². The molecule has 4 heteroatoms.